The highest BCUT2D eigenvalue weighted by Crippen LogP contribution is 2.31. The van der Waals surface area contributed by atoms with Crippen molar-refractivity contribution in [3.8, 4) is 11.5 Å². The van der Waals surface area contributed by atoms with Crippen molar-refractivity contribution in [2.75, 3.05) is 55.6 Å². The number of guanidine groups is 1. The molecule has 0 spiro atoms. The lowest BCUT2D eigenvalue weighted by molar-refractivity contribution is 0.0268. The zero-order chi connectivity index (χ0) is 19.7. The molecule has 0 aromatic heterocycles. The lowest BCUT2D eigenvalue weighted by Crippen LogP contribution is -2.47. The molecule has 0 radical (unpaired) electrons. The number of hydrogen-bond donors (Lipinski definition) is 2. The lowest BCUT2D eigenvalue weighted by atomic mass is 10.1. The van der Waals surface area contributed by atoms with Crippen LogP contribution in [-0.2, 0) is 4.74 Å². The number of aliphatic imine (C=N–C) groups is 1. The summed E-state index contributed by atoms with van der Waals surface area (Å²) < 4.78 is 16.2. The Bertz CT molecular complexity index is 594. The molecular weight excluding hydrogens is 459 g/mol. The topological polar surface area (TPSA) is 67.4 Å². The maximum absolute atomic E-state index is 5.43. The number of hydrogen-bond acceptors (Lipinski definition) is 5. The molecule has 2 N–H and O–H groups in total. The molecule has 7 nitrogen and oxygen atoms in total. The number of nitrogens with zero attached hydrogens (tertiary/aromatic N) is 2. The minimum atomic E-state index is -0.262. The first-order valence-electron chi connectivity index (χ1n) is 8.66. The Morgan fingerprint density at radius 1 is 1.11 bits per heavy atom. The smallest absolute Gasteiger partial charge is 0.191 e. The first-order chi connectivity index (χ1) is 12.3. The van der Waals surface area contributed by atoms with Gasteiger partial charge in [0, 0.05) is 27.2 Å². The van der Waals surface area contributed by atoms with Crippen molar-refractivity contribution in [1.82, 2.24) is 15.5 Å². The van der Waals surface area contributed by atoms with Crippen LogP contribution in [0, 0.1) is 0 Å². The van der Waals surface area contributed by atoms with E-state index in [-0.39, 0.29) is 35.6 Å². The number of halogens is 1. The fraction of sp³-hybridized carbons (Fsp3) is 0.632. The van der Waals surface area contributed by atoms with E-state index in [2.05, 4.69) is 26.6 Å². The minimum Gasteiger partial charge on any atom is -0.493 e. The van der Waals surface area contributed by atoms with Gasteiger partial charge in [-0.05, 0) is 45.6 Å². The van der Waals surface area contributed by atoms with E-state index in [4.69, 9.17) is 14.2 Å². The van der Waals surface area contributed by atoms with Crippen molar-refractivity contribution in [1.29, 1.82) is 0 Å². The Hall–Kier alpha value is -1.26. The van der Waals surface area contributed by atoms with Gasteiger partial charge in [-0.15, -0.1) is 24.0 Å². The van der Waals surface area contributed by atoms with Crippen molar-refractivity contribution >= 4 is 29.9 Å². The molecule has 0 saturated carbocycles. The maximum atomic E-state index is 5.43. The lowest BCUT2D eigenvalue weighted by Gasteiger charge is -2.28. The SMILES string of the molecule is CN=C(NCC(c1ccc(OC)c(OC)c1)N(C)C)NCC(C)(C)OC.I. The molecule has 27 heavy (non-hydrogen) atoms. The minimum absolute atomic E-state index is 0. The second-order valence-electron chi connectivity index (χ2n) is 6.86. The Kier molecular flexibility index (Phi) is 11.7. The third kappa shape index (κ3) is 8.10. The highest BCUT2D eigenvalue weighted by Gasteiger charge is 2.19. The number of ether oxygens (including phenoxy) is 3. The average molecular weight is 494 g/mol. The summed E-state index contributed by atoms with van der Waals surface area (Å²) in [5.41, 5.74) is 0.870. The van der Waals surface area contributed by atoms with Crippen molar-refractivity contribution in [3.05, 3.63) is 23.8 Å². The third-order valence-corrected chi connectivity index (χ3v) is 4.34. The predicted molar refractivity (Wildman–Crippen MR) is 122 cm³/mol. The molecular formula is C19H35IN4O3. The fourth-order valence-electron chi connectivity index (χ4n) is 2.44. The van der Waals surface area contributed by atoms with Gasteiger partial charge in [0.2, 0.25) is 0 Å². The molecule has 0 aliphatic carbocycles. The van der Waals surface area contributed by atoms with E-state index < -0.39 is 0 Å². The van der Waals surface area contributed by atoms with Gasteiger partial charge in [0.25, 0.3) is 0 Å². The molecule has 0 saturated heterocycles. The molecule has 0 fully saturated rings. The summed E-state index contributed by atoms with van der Waals surface area (Å²) in [5.74, 6) is 2.18. The molecule has 0 amide bonds. The average Bonchev–Trinajstić information content (AvgIpc) is 2.63. The Morgan fingerprint density at radius 2 is 1.74 bits per heavy atom. The summed E-state index contributed by atoms with van der Waals surface area (Å²) in [7, 11) is 10.8. The van der Waals surface area contributed by atoms with Crippen LogP contribution in [0.3, 0.4) is 0 Å². The highest BCUT2D eigenvalue weighted by atomic mass is 127. The molecule has 1 aromatic rings. The summed E-state index contributed by atoms with van der Waals surface area (Å²) in [6, 6.07) is 6.13. The molecule has 8 heteroatoms. The molecule has 1 unspecified atom stereocenters. The summed E-state index contributed by atoms with van der Waals surface area (Å²) >= 11 is 0. The second-order valence-corrected chi connectivity index (χ2v) is 6.86. The normalized spacial score (nSPS) is 13.0. The highest BCUT2D eigenvalue weighted by molar-refractivity contribution is 14.0. The van der Waals surface area contributed by atoms with Gasteiger partial charge in [0.05, 0.1) is 25.9 Å². The monoisotopic (exact) mass is 494 g/mol. The van der Waals surface area contributed by atoms with Crippen LogP contribution in [0.4, 0.5) is 0 Å². The van der Waals surface area contributed by atoms with E-state index in [0.717, 1.165) is 23.0 Å². The van der Waals surface area contributed by atoms with Gasteiger partial charge < -0.3 is 29.7 Å². The molecule has 0 aliphatic heterocycles. The number of rotatable bonds is 9. The number of likely N-dealkylation sites (N-methyl/N-ethyl adjacent to an activating group) is 1. The van der Waals surface area contributed by atoms with Crippen LogP contribution in [0.5, 0.6) is 11.5 Å². The van der Waals surface area contributed by atoms with Gasteiger partial charge >= 0.3 is 0 Å². The van der Waals surface area contributed by atoms with E-state index >= 15 is 0 Å². The van der Waals surface area contributed by atoms with Crippen molar-refractivity contribution < 1.29 is 14.2 Å². The molecule has 0 bridgehead atoms. The maximum Gasteiger partial charge on any atom is 0.191 e. The Balaban J connectivity index is 0.00000676. The van der Waals surface area contributed by atoms with Crippen LogP contribution in [0.25, 0.3) is 0 Å². The number of methoxy groups -OCH3 is 3. The van der Waals surface area contributed by atoms with Gasteiger partial charge in [-0.2, -0.15) is 0 Å². The van der Waals surface area contributed by atoms with E-state index in [1.807, 2.05) is 40.1 Å². The van der Waals surface area contributed by atoms with Gasteiger partial charge in [-0.3, -0.25) is 4.99 Å². The van der Waals surface area contributed by atoms with E-state index in [9.17, 15) is 0 Å². The second kappa shape index (κ2) is 12.2. The van der Waals surface area contributed by atoms with Crippen LogP contribution in [0.1, 0.15) is 25.5 Å². The molecule has 0 aliphatic rings. The summed E-state index contributed by atoms with van der Waals surface area (Å²) in [4.78, 5) is 6.44. The quantitative estimate of drug-likeness (QED) is 0.313. The summed E-state index contributed by atoms with van der Waals surface area (Å²) in [6.45, 7) is 5.40. The number of benzene rings is 1. The molecule has 0 heterocycles. The Morgan fingerprint density at radius 3 is 2.22 bits per heavy atom. The summed E-state index contributed by atoms with van der Waals surface area (Å²) in [6.07, 6.45) is 0. The molecule has 1 atom stereocenters. The first-order valence-corrected chi connectivity index (χ1v) is 8.66. The zero-order valence-electron chi connectivity index (χ0n) is 17.8. The molecule has 1 rings (SSSR count). The zero-order valence-corrected chi connectivity index (χ0v) is 20.1. The molecule has 156 valence electrons. The van der Waals surface area contributed by atoms with Crippen molar-refractivity contribution in [2.24, 2.45) is 4.99 Å². The standard InChI is InChI=1S/C19H34N4O3.HI/c1-19(2,26-8)13-22-18(20-3)21-12-15(23(4)5)14-9-10-16(24-6)17(11-14)25-7;/h9-11,15H,12-13H2,1-8H3,(H2,20,21,22);1H. The third-order valence-electron chi connectivity index (χ3n) is 4.34. The largest absolute Gasteiger partial charge is 0.493 e. The van der Waals surface area contributed by atoms with Crippen LogP contribution < -0.4 is 20.1 Å². The van der Waals surface area contributed by atoms with Gasteiger partial charge in [-0.25, -0.2) is 0 Å². The van der Waals surface area contributed by atoms with Crippen LogP contribution >= 0.6 is 24.0 Å². The van der Waals surface area contributed by atoms with Gasteiger partial charge in [0.15, 0.2) is 17.5 Å². The van der Waals surface area contributed by atoms with Crippen LogP contribution in [0.15, 0.2) is 23.2 Å². The van der Waals surface area contributed by atoms with Crippen molar-refractivity contribution in [3.63, 3.8) is 0 Å². The number of nitrogens with one attached hydrogen (secondary N) is 2. The van der Waals surface area contributed by atoms with E-state index in [0.29, 0.717) is 13.1 Å². The predicted octanol–water partition coefficient (Wildman–Crippen LogP) is 2.51. The van der Waals surface area contributed by atoms with Gasteiger partial charge in [0.1, 0.15) is 0 Å². The summed E-state index contributed by atoms with van der Waals surface area (Å²) in [5, 5.41) is 6.68. The van der Waals surface area contributed by atoms with Crippen molar-refractivity contribution in [2.45, 2.75) is 25.5 Å². The van der Waals surface area contributed by atoms with Crippen LogP contribution in [0.2, 0.25) is 0 Å². The van der Waals surface area contributed by atoms with E-state index in [1.165, 1.54) is 0 Å². The fourth-order valence-corrected chi connectivity index (χ4v) is 2.44. The van der Waals surface area contributed by atoms with Crippen LogP contribution in [-0.4, -0.2) is 72.0 Å². The van der Waals surface area contributed by atoms with E-state index in [1.54, 1.807) is 28.4 Å². The Labute approximate surface area is 180 Å². The first kappa shape index (κ1) is 25.7. The molecule has 1 aromatic carbocycles. The van der Waals surface area contributed by atoms with Gasteiger partial charge in [-0.1, -0.05) is 6.07 Å².